The van der Waals surface area contributed by atoms with Gasteiger partial charge in [-0.05, 0) is 48.7 Å². The van der Waals surface area contributed by atoms with E-state index in [1.807, 2.05) is 13.0 Å². The second kappa shape index (κ2) is 5.19. The molecule has 0 radical (unpaired) electrons. The Morgan fingerprint density at radius 3 is 2.28 bits per heavy atom. The summed E-state index contributed by atoms with van der Waals surface area (Å²) in [7, 11) is 0. The van der Waals surface area contributed by atoms with Crippen molar-refractivity contribution in [3.05, 3.63) is 58.9 Å². The lowest BCUT2D eigenvalue weighted by Gasteiger charge is -2.09. The largest absolute Gasteiger partial charge is 0.457 e. The summed E-state index contributed by atoms with van der Waals surface area (Å²) in [5.74, 6) is 0.818. The molecule has 0 heterocycles. The van der Waals surface area contributed by atoms with Gasteiger partial charge in [-0.1, -0.05) is 12.1 Å². The number of aliphatic hydroxyl groups excluding tert-OH is 1. The zero-order valence-electron chi connectivity index (χ0n) is 10.4. The minimum Gasteiger partial charge on any atom is -0.457 e. The standard InChI is InChI=1S/C15H15FO2/c1-10-3-5-14(8-15(10)16)18-13-6-4-12(9-17)11(2)7-13/h3-8,17H,9H2,1-2H3. The third-order valence-corrected chi connectivity index (χ3v) is 2.86. The van der Waals surface area contributed by atoms with Crippen molar-refractivity contribution in [3.63, 3.8) is 0 Å². The molecule has 2 nitrogen and oxygen atoms in total. The molecule has 2 aromatic carbocycles. The van der Waals surface area contributed by atoms with Crippen molar-refractivity contribution in [1.29, 1.82) is 0 Å². The molecule has 94 valence electrons. The van der Waals surface area contributed by atoms with E-state index in [-0.39, 0.29) is 12.4 Å². The van der Waals surface area contributed by atoms with E-state index in [0.29, 0.717) is 17.1 Å². The molecule has 0 aliphatic rings. The van der Waals surface area contributed by atoms with E-state index < -0.39 is 0 Å². The summed E-state index contributed by atoms with van der Waals surface area (Å²) in [5, 5.41) is 9.08. The van der Waals surface area contributed by atoms with Gasteiger partial charge in [0.25, 0.3) is 0 Å². The lowest BCUT2D eigenvalue weighted by molar-refractivity contribution is 0.281. The molecule has 0 aromatic heterocycles. The van der Waals surface area contributed by atoms with Crippen LogP contribution in [0, 0.1) is 19.7 Å². The quantitative estimate of drug-likeness (QED) is 0.894. The molecule has 0 fully saturated rings. The van der Waals surface area contributed by atoms with Gasteiger partial charge in [-0.15, -0.1) is 0 Å². The maximum atomic E-state index is 13.4. The Bertz CT molecular complexity index is 564. The van der Waals surface area contributed by atoms with Crippen LogP contribution in [0.2, 0.25) is 0 Å². The topological polar surface area (TPSA) is 29.5 Å². The van der Waals surface area contributed by atoms with Gasteiger partial charge < -0.3 is 9.84 Å². The fraction of sp³-hybridized carbons (Fsp3) is 0.200. The predicted molar refractivity (Wildman–Crippen MR) is 68.3 cm³/mol. The summed E-state index contributed by atoms with van der Waals surface area (Å²) in [6.45, 7) is 3.61. The van der Waals surface area contributed by atoms with Crippen LogP contribution in [0.15, 0.2) is 36.4 Å². The minimum absolute atomic E-state index is 0.00523. The van der Waals surface area contributed by atoms with E-state index in [9.17, 15) is 4.39 Å². The predicted octanol–water partition coefficient (Wildman–Crippen LogP) is 3.73. The minimum atomic E-state index is -0.281. The van der Waals surface area contributed by atoms with Crippen LogP contribution < -0.4 is 4.74 Å². The number of hydrogen-bond acceptors (Lipinski definition) is 2. The lowest BCUT2D eigenvalue weighted by Crippen LogP contribution is -1.91. The molecule has 2 rings (SSSR count). The number of rotatable bonds is 3. The summed E-state index contributed by atoms with van der Waals surface area (Å²) < 4.78 is 18.9. The van der Waals surface area contributed by atoms with Crippen LogP contribution in [0.5, 0.6) is 11.5 Å². The highest BCUT2D eigenvalue weighted by molar-refractivity contribution is 5.38. The van der Waals surface area contributed by atoms with E-state index in [1.165, 1.54) is 6.07 Å². The van der Waals surface area contributed by atoms with Crippen LogP contribution >= 0.6 is 0 Å². The fourth-order valence-corrected chi connectivity index (χ4v) is 1.68. The van der Waals surface area contributed by atoms with Gasteiger partial charge in [-0.3, -0.25) is 0 Å². The van der Waals surface area contributed by atoms with E-state index in [2.05, 4.69) is 0 Å². The maximum absolute atomic E-state index is 13.4. The molecule has 0 unspecified atom stereocenters. The molecule has 0 aliphatic carbocycles. The Kier molecular flexibility index (Phi) is 3.63. The molecule has 18 heavy (non-hydrogen) atoms. The molecule has 0 bridgehead atoms. The van der Waals surface area contributed by atoms with Crippen LogP contribution in [0.3, 0.4) is 0 Å². The van der Waals surface area contributed by atoms with Crippen molar-refractivity contribution in [1.82, 2.24) is 0 Å². The molecule has 0 saturated carbocycles. The van der Waals surface area contributed by atoms with Crippen LogP contribution in [-0.2, 0) is 6.61 Å². The monoisotopic (exact) mass is 246 g/mol. The highest BCUT2D eigenvalue weighted by Crippen LogP contribution is 2.25. The number of ether oxygens (including phenoxy) is 1. The normalized spacial score (nSPS) is 10.4. The lowest BCUT2D eigenvalue weighted by atomic mass is 10.1. The van der Waals surface area contributed by atoms with Crippen LogP contribution in [0.1, 0.15) is 16.7 Å². The summed E-state index contributed by atoms with van der Waals surface area (Å²) >= 11 is 0. The molecule has 2 aromatic rings. The summed E-state index contributed by atoms with van der Waals surface area (Å²) in [4.78, 5) is 0. The number of aryl methyl sites for hydroxylation is 2. The highest BCUT2D eigenvalue weighted by atomic mass is 19.1. The van der Waals surface area contributed by atoms with Gasteiger partial charge in [0.05, 0.1) is 6.61 Å². The molecule has 0 amide bonds. The Labute approximate surface area is 106 Å². The Balaban J connectivity index is 2.23. The van der Waals surface area contributed by atoms with Gasteiger partial charge in [0.2, 0.25) is 0 Å². The van der Waals surface area contributed by atoms with Crippen LogP contribution in [-0.4, -0.2) is 5.11 Å². The van der Waals surface area contributed by atoms with Crippen molar-refractivity contribution in [2.75, 3.05) is 0 Å². The van der Waals surface area contributed by atoms with Gasteiger partial charge in [0, 0.05) is 6.07 Å². The zero-order chi connectivity index (χ0) is 13.1. The second-order valence-electron chi connectivity index (χ2n) is 4.26. The first kappa shape index (κ1) is 12.6. The third kappa shape index (κ3) is 2.68. The Hall–Kier alpha value is -1.87. The molecule has 0 atom stereocenters. The number of halogens is 1. The Morgan fingerprint density at radius 1 is 1.00 bits per heavy atom. The van der Waals surface area contributed by atoms with E-state index in [1.54, 1.807) is 31.2 Å². The number of benzene rings is 2. The summed E-state index contributed by atoms with van der Waals surface area (Å²) in [6, 6.07) is 10.2. The first-order valence-corrected chi connectivity index (χ1v) is 5.74. The first-order valence-electron chi connectivity index (χ1n) is 5.74. The number of aliphatic hydroxyl groups is 1. The molecule has 0 saturated heterocycles. The summed E-state index contributed by atoms with van der Waals surface area (Å²) in [6.07, 6.45) is 0. The third-order valence-electron chi connectivity index (χ3n) is 2.86. The zero-order valence-corrected chi connectivity index (χ0v) is 10.4. The SMILES string of the molecule is Cc1ccc(Oc2ccc(CO)c(C)c2)cc1F. The van der Waals surface area contributed by atoms with Crippen molar-refractivity contribution in [3.8, 4) is 11.5 Å². The van der Waals surface area contributed by atoms with Crippen molar-refractivity contribution in [2.45, 2.75) is 20.5 Å². The van der Waals surface area contributed by atoms with Crippen LogP contribution in [0.25, 0.3) is 0 Å². The number of hydrogen-bond donors (Lipinski definition) is 1. The molecular formula is C15H15FO2. The average molecular weight is 246 g/mol. The van der Waals surface area contributed by atoms with Gasteiger partial charge in [-0.25, -0.2) is 4.39 Å². The second-order valence-corrected chi connectivity index (χ2v) is 4.26. The van der Waals surface area contributed by atoms with Crippen molar-refractivity contribution >= 4 is 0 Å². The molecule has 1 N–H and O–H groups in total. The molecular weight excluding hydrogens is 231 g/mol. The molecule has 0 aliphatic heterocycles. The van der Waals surface area contributed by atoms with Gasteiger partial charge in [0.1, 0.15) is 17.3 Å². The van der Waals surface area contributed by atoms with Gasteiger partial charge in [0.15, 0.2) is 0 Å². The highest BCUT2D eigenvalue weighted by Gasteiger charge is 2.04. The van der Waals surface area contributed by atoms with Crippen molar-refractivity contribution in [2.24, 2.45) is 0 Å². The van der Waals surface area contributed by atoms with Gasteiger partial charge >= 0.3 is 0 Å². The maximum Gasteiger partial charge on any atom is 0.130 e. The van der Waals surface area contributed by atoms with E-state index >= 15 is 0 Å². The van der Waals surface area contributed by atoms with E-state index in [4.69, 9.17) is 9.84 Å². The van der Waals surface area contributed by atoms with Gasteiger partial charge in [-0.2, -0.15) is 0 Å². The Morgan fingerprint density at radius 2 is 1.67 bits per heavy atom. The van der Waals surface area contributed by atoms with Crippen molar-refractivity contribution < 1.29 is 14.2 Å². The fourth-order valence-electron chi connectivity index (χ4n) is 1.68. The first-order chi connectivity index (χ1) is 8.60. The summed E-state index contributed by atoms with van der Waals surface area (Å²) in [5.41, 5.74) is 2.40. The smallest absolute Gasteiger partial charge is 0.130 e. The van der Waals surface area contributed by atoms with E-state index in [0.717, 1.165) is 11.1 Å². The molecule has 3 heteroatoms. The average Bonchev–Trinajstić information content (AvgIpc) is 2.34. The van der Waals surface area contributed by atoms with Crippen LogP contribution in [0.4, 0.5) is 4.39 Å². The molecule has 0 spiro atoms.